The van der Waals surface area contributed by atoms with Gasteiger partial charge in [-0.15, -0.1) is 0 Å². The molecule has 21 heavy (non-hydrogen) atoms. The molecule has 1 amide bonds. The molecule has 1 aromatic rings. The van der Waals surface area contributed by atoms with Crippen LogP contribution in [0.4, 0.5) is 0 Å². The monoisotopic (exact) mass is 308 g/mol. The fourth-order valence-electron chi connectivity index (χ4n) is 2.79. The number of amides is 1. The molecule has 116 valence electrons. The highest BCUT2D eigenvalue weighted by Gasteiger charge is 2.39. The predicted molar refractivity (Wildman–Crippen MR) is 86.4 cm³/mol. The number of nitrogens with one attached hydrogen (secondary N) is 1. The first-order chi connectivity index (χ1) is 10.0. The van der Waals surface area contributed by atoms with Gasteiger partial charge < -0.3 is 4.90 Å². The molecule has 1 fully saturated rings. The minimum atomic E-state index is -0.890. The molecule has 0 saturated carbocycles. The summed E-state index contributed by atoms with van der Waals surface area (Å²) in [6.45, 7) is 4.68. The molecule has 1 heterocycles. The first kappa shape index (κ1) is 16.2. The highest BCUT2D eigenvalue weighted by molar-refractivity contribution is 7.84. The highest BCUT2D eigenvalue weighted by atomic mass is 32.2. The zero-order chi connectivity index (χ0) is 15.4. The molecule has 1 aliphatic heterocycles. The van der Waals surface area contributed by atoms with E-state index in [0.29, 0.717) is 12.3 Å². The molecule has 1 aromatic carbocycles. The van der Waals surface area contributed by atoms with E-state index in [1.807, 2.05) is 17.0 Å². The van der Waals surface area contributed by atoms with Crippen LogP contribution in [0.15, 0.2) is 24.3 Å². The van der Waals surface area contributed by atoms with Crippen molar-refractivity contribution < 1.29 is 9.00 Å². The number of hydrogen-bond donors (Lipinski definition) is 1. The Hall–Kier alpha value is -1.20. The Kier molecular flexibility index (Phi) is 5.53. The molecule has 1 aliphatic rings. The van der Waals surface area contributed by atoms with Gasteiger partial charge >= 0.3 is 0 Å². The summed E-state index contributed by atoms with van der Waals surface area (Å²) < 4.78 is 11.4. The Balaban J connectivity index is 2.25. The number of hydrogen-bond acceptors (Lipinski definition) is 3. The third-order valence-corrected chi connectivity index (χ3v) is 4.69. The summed E-state index contributed by atoms with van der Waals surface area (Å²) in [5, 5.41) is 3.45. The zero-order valence-corrected chi connectivity index (χ0v) is 13.8. The van der Waals surface area contributed by atoms with Gasteiger partial charge in [-0.25, -0.2) is 0 Å². The summed E-state index contributed by atoms with van der Waals surface area (Å²) in [5.74, 6) is 0.657. The summed E-state index contributed by atoms with van der Waals surface area (Å²) in [4.78, 5) is 14.4. The Labute approximate surface area is 129 Å². The second kappa shape index (κ2) is 7.18. The van der Waals surface area contributed by atoms with E-state index >= 15 is 0 Å². The number of carbonyl (C=O) groups excluding carboxylic acids is 1. The summed E-state index contributed by atoms with van der Waals surface area (Å²) in [5.41, 5.74) is 2.30. The van der Waals surface area contributed by atoms with Gasteiger partial charge in [0.15, 0.2) is 0 Å². The fourth-order valence-corrected chi connectivity index (χ4v) is 3.25. The first-order valence-electron chi connectivity index (χ1n) is 7.46. The van der Waals surface area contributed by atoms with Crippen molar-refractivity contribution in [3.05, 3.63) is 35.4 Å². The molecule has 1 saturated heterocycles. The SMILES string of the molecule is CCCC1NC(c2ccccc2C)N(CCS(C)=O)C1=O. The highest BCUT2D eigenvalue weighted by Crippen LogP contribution is 2.28. The van der Waals surface area contributed by atoms with Crippen molar-refractivity contribution in [3.8, 4) is 0 Å². The molecule has 0 spiro atoms. The van der Waals surface area contributed by atoms with E-state index in [2.05, 4.69) is 31.3 Å². The maximum atomic E-state index is 12.6. The molecule has 4 nitrogen and oxygen atoms in total. The van der Waals surface area contributed by atoms with E-state index in [-0.39, 0.29) is 18.1 Å². The van der Waals surface area contributed by atoms with Crippen LogP contribution in [0.25, 0.3) is 0 Å². The van der Waals surface area contributed by atoms with Crippen LogP contribution in [0.3, 0.4) is 0 Å². The van der Waals surface area contributed by atoms with E-state index < -0.39 is 10.8 Å². The zero-order valence-electron chi connectivity index (χ0n) is 13.0. The lowest BCUT2D eigenvalue weighted by Crippen LogP contribution is -2.34. The number of aryl methyl sites for hydroxylation is 1. The molecule has 0 aromatic heterocycles. The van der Waals surface area contributed by atoms with Crippen molar-refractivity contribution in [2.24, 2.45) is 0 Å². The quantitative estimate of drug-likeness (QED) is 0.874. The van der Waals surface area contributed by atoms with E-state index in [9.17, 15) is 9.00 Å². The standard InChI is InChI=1S/C16H24N2O2S/c1-4-7-14-16(19)18(10-11-21(3)20)15(17-14)13-9-6-5-8-12(13)2/h5-6,8-9,14-15,17H,4,7,10-11H2,1-3H3. The number of nitrogens with zero attached hydrogens (tertiary/aromatic N) is 1. The molecule has 3 unspecified atom stereocenters. The lowest BCUT2D eigenvalue weighted by atomic mass is 10.1. The Morgan fingerprint density at radius 2 is 2.05 bits per heavy atom. The van der Waals surface area contributed by atoms with Gasteiger partial charge in [0.05, 0.1) is 6.04 Å². The van der Waals surface area contributed by atoms with Gasteiger partial charge in [-0.05, 0) is 24.5 Å². The minimum absolute atomic E-state index is 0.0983. The topological polar surface area (TPSA) is 49.4 Å². The molecule has 5 heteroatoms. The molecule has 3 atom stereocenters. The molecular formula is C16H24N2O2S. The van der Waals surface area contributed by atoms with Crippen LogP contribution in [-0.2, 0) is 15.6 Å². The van der Waals surface area contributed by atoms with Gasteiger partial charge in [-0.2, -0.15) is 0 Å². The van der Waals surface area contributed by atoms with Crippen LogP contribution in [0.2, 0.25) is 0 Å². The van der Waals surface area contributed by atoms with Crippen molar-refractivity contribution in [2.45, 2.75) is 38.9 Å². The second-order valence-corrected chi connectivity index (χ2v) is 7.13. The van der Waals surface area contributed by atoms with Crippen LogP contribution >= 0.6 is 0 Å². The van der Waals surface area contributed by atoms with Gasteiger partial charge in [0.1, 0.15) is 6.17 Å². The van der Waals surface area contributed by atoms with Gasteiger partial charge in [-0.3, -0.25) is 14.3 Å². The van der Waals surface area contributed by atoms with Crippen molar-refractivity contribution >= 4 is 16.7 Å². The minimum Gasteiger partial charge on any atom is -0.321 e. The Bertz CT molecular complexity index is 533. The van der Waals surface area contributed by atoms with E-state index in [1.165, 1.54) is 5.56 Å². The maximum Gasteiger partial charge on any atom is 0.241 e. The van der Waals surface area contributed by atoms with Gasteiger partial charge in [-0.1, -0.05) is 37.6 Å². The first-order valence-corrected chi connectivity index (χ1v) is 9.19. The summed E-state index contributed by atoms with van der Waals surface area (Å²) >= 11 is 0. The summed E-state index contributed by atoms with van der Waals surface area (Å²) in [6.07, 6.45) is 3.39. The van der Waals surface area contributed by atoms with Gasteiger partial charge in [0.25, 0.3) is 0 Å². The van der Waals surface area contributed by atoms with Gasteiger partial charge in [0.2, 0.25) is 5.91 Å². The van der Waals surface area contributed by atoms with Crippen LogP contribution in [0.5, 0.6) is 0 Å². The molecule has 1 N–H and O–H groups in total. The number of rotatable bonds is 6. The van der Waals surface area contributed by atoms with Crippen LogP contribution in [0, 0.1) is 6.92 Å². The number of carbonyl (C=O) groups is 1. The normalized spacial score (nSPS) is 23.6. The van der Waals surface area contributed by atoms with Crippen molar-refractivity contribution in [3.63, 3.8) is 0 Å². The Morgan fingerprint density at radius 1 is 1.33 bits per heavy atom. The largest absolute Gasteiger partial charge is 0.321 e. The third-order valence-electron chi connectivity index (χ3n) is 3.93. The molecular weight excluding hydrogens is 284 g/mol. The van der Waals surface area contributed by atoms with Crippen LogP contribution in [0.1, 0.15) is 37.1 Å². The summed E-state index contributed by atoms with van der Waals surface area (Å²) in [7, 11) is -0.890. The van der Waals surface area contributed by atoms with Crippen LogP contribution in [-0.4, -0.2) is 39.6 Å². The molecule has 2 rings (SSSR count). The molecule has 0 radical (unpaired) electrons. The summed E-state index contributed by atoms with van der Waals surface area (Å²) in [6, 6.07) is 8.00. The smallest absolute Gasteiger partial charge is 0.241 e. The predicted octanol–water partition coefficient (Wildman–Crippen LogP) is 1.97. The van der Waals surface area contributed by atoms with Gasteiger partial charge in [0, 0.05) is 29.4 Å². The molecule has 0 bridgehead atoms. The average molecular weight is 308 g/mol. The maximum absolute atomic E-state index is 12.6. The van der Waals surface area contributed by atoms with E-state index in [1.54, 1.807) is 6.26 Å². The second-order valence-electron chi connectivity index (χ2n) is 5.58. The van der Waals surface area contributed by atoms with Crippen LogP contribution < -0.4 is 5.32 Å². The van der Waals surface area contributed by atoms with E-state index in [4.69, 9.17) is 0 Å². The van der Waals surface area contributed by atoms with Crippen molar-refractivity contribution in [1.82, 2.24) is 10.2 Å². The molecule has 0 aliphatic carbocycles. The average Bonchev–Trinajstić information content (AvgIpc) is 2.74. The van der Waals surface area contributed by atoms with Crippen molar-refractivity contribution in [1.29, 1.82) is 0 Å². The van der Waals surface area contributed by atoms with Crippen molar-refractivity contribution in [2.75, 3.05) is 18.6 Å². The van der Waals surface area contributed by atoms with E-state index in [0.717, 1.165) is 18.4 Å². The third kappa shape index (κ3) is 3.71. The number of benzene rings is 1. The lowest BCUT2D eigenvalue weighted by molar-refractivity contribution is -0.130. The fraction of sp³-hybridized carbons (Fsp3) is 0.562. The lowest BCUT2D eigenvalue weighted by Gasteiger charge is -2.25. The Morgan fingerprint density at radius 3 is 2.67 bits per heavy atom.